The first-order valence-electron chi connectivity index (χ1n) is 4.93. The van der Waals surface area contributed by atoms with Crippen LogP contribution in [0.1, 0.15) is 25.6 Å². The van der Waals surface area contributed by atoms with Crippen molar-refractivity contribution in [1.82, 2.24) is 15.3 Å². The summed E-state index contributed by atoms with van der Waals surface area (Å²) in [7, 11) is -1.48. The second-order valence-electron chi connectivity index (χ2n) is 4.23. The average molecular weight is 243 g/mol. The van der Waals surface area contributed by atoms with Crippen LogP contribution in [0.25, 0.3) is 0 Å². The SMILES string of the molecule is CNC(c1cnccn1)C(C)(C)S(C)(=O)=O. The fourth-order valence-electron chi connectivity index (χ4n) is 1.53. The molecule has 1 unspecified atom stereocenters. The lowest BCUT2D eigenvalue weighted by atomic mass is 10.0. The van der Waals surface area contributed by atoms with Crippen molar-refractivity contribution < 1.29 is 8.42 Å². The minimum atomic E-state index is -3.19. The Bertz CT molecular complexity index is 442. The molecule has 0 aromatic carbocycles. The summed E-state index contributed by atoms with van der Waals surface area (Å²) in [5, 5.41) is 2.98. The molecule has 1 heterocycles. The molecule has 5 nitrogen and oxygen atoms in total. The van der Waals surface area contributed by atoms with Crippen LogP contribution in [0.5, 0.6) is 0 Å². The van der Waals surface area contributed by atoms with Crippen LogP contribution in [0, 0.1) is 0 Å². The third-order valence-corrected chi connectivity index (χ3v) is 4.97. The van der Waals surface area contributed by atoms with E-state index in [2.05, 4.69) is 15.3 Å². The lowest BCUT2D eigenvalue weighted by molar-refractivity contribution is 0.437. The molecule has 1 rings (SSSR count). The van der Waals surface area contributed by atoms with E-state index < -0.39 is 14.6 Å². The van der Waals surface area contributed by atoms with Gasteiger partial charge in [0.25, 0.3) is 0 Å². The van der Waals surface area contributed by atoms with Gasteiger partial charge >= 0.3 is 0 Å². The molecule has 0 amide bonds. The van der Waals surface area contributed by atoms with Crippen molar-refractivity contribution in [2.24, 2.45) is 0 Å². The highest BCUT2D eigenvalue weighted by molar-refractivity contribution is 7.92. The van der Waals surface area contributed by atoms with E-state index in [-0.39, 0.29) is 6.04 Å². The van der Waals surface area contributed by atoms with Gasteiger partial charge < -0.3 is 5.32 Å². The first-order chi connectivity index (χ1) is 7.30. The molecule has 0 aliphatic rings. The summed E-state index contributed by atoms with van der Waals surface area (Å²) >= 11 is 0. The molecule has 0 saturated carbocycles. The predicted molar refractivity (Wildman–Crippen MR) is 62.8 cm³/mol. The maximum Gasteiger partial charge on any atom is 0.154 e. The van der Waals surface area contributed by atoms with Gasteiger partial charge in [0.05, 0.1) is 22.7 Å². The Kier molecular flexibility index (Phi) is 3.64. The Hall–Kier alpha value is -1.01. The van der Waals surface area contributed by atoms with E-state index in [1.54, 1.807) is 39.5 Å². The Labute approximate surface area is 96.2 Å². The molecule has 16 heavy (non-hydrogen) atoms. The van der Waals surface area contributed by atoms with Crippen molar-refractivity contribution in [1.29, 1.82) is 0 Å². The van der Waals surface area contributed by atoms with Crippen LogP contribution in [0.15, 0.2) is 18.6 Å². The van der Waals surface area contributed by atoms with Gasteiger partial charge in [-0.2, -0.15) is 0 Å². The normalized spacial score (nSPS) is 14.8. The van der Waals surface area contributed by atoms with Crippen LogP contribution >= 0.6 is 0 Å². The summed E-state index contributed by atoms with van der Waals surface area (Å²) in [4.78, 5) is 8.09. The summed E-state index contributed by atoms with van der Waals surface area (Å²) < 4.78 is 22.5. The number of nitrogens with zero attached hydrogens (tertiary/aromatic N) is 2. The lowest BCUT2D eigenvalue weighted by Crippen LogP contribution is -2.44. The van der Waals surface area contributed by atoms with Gasteiger partial charge in [0.1, 0.15) is 0 Å². The molecule has 0 aliphatic heterocycles. The molecule has 0 saturated heterocycles. The summed E-state index contributed by atoms with van der Waals surface area (Å²) in [6, 6.07) is -0.379. The standard InChI is InChI=1S/C10H17N3O2S/c1-10(2,16(4,14)15)9(11-3)8-7-12-5-6-13-8/h5-7,9,11H,1-4H3. The van der Waals surface area contributed by atoms with Crippen LogP contribution in [0.4, 0.5) is 0 Å². The molecule has 1 aromatic heterocycles. The summed E-state index contributed by atoms with van der Waals surface area (Å²) in [5.41, 5.74) is 0.625. The molecule has 0 radical (unpaired) electrons. The van der Waals surface area contributed by atoms with E-state index in [0.29, 0.717) is 5.69 Å². The molecule has 0 fully saturated rings. The molecule has 1 aromatic rings. The topological polar surface area (TPSA) is 72.0 Å². The number of rotatable bonds is 4. The molecule has 0 bridgehead atoms. The molecule has 0 spiro atoms. The van der Waals surface area contributed by atoms with Crippen LogP contribution < -0.4 is 5.32 Å². The minimum absolute atomic E-state index is 0.379. The molecule has 0 aliphatic carbocycles. The fourth-order valence-corrected chi connectivity index (χ4v) is 2.19. The number of hydrogen-bond acceptors (Lipinski definition) is 5. The Morgan fingerprint density at radius 3 is 2.38 bits per heavy atom. The third-order valence-electron chi connectivity index (χ3n) is 2.82. The quantitative estimate of drug-likeness (QED) is 0.836. The predicted octanol–water partition coefficient (Wildman–Crippen LogP) is 0.560. The van der Waals surface area contributed by atoms with E-state index >= 15 is 0 Å². The van der Waals surface area contributed by atoms with Crippen molar-refractivity contribution in [2.45, 2.75) is 24.6 Å². The van der Waals surface area contributed by atoms with Crippen molar-refractivity contribution in [3.8, 4) is 0 Å². The zero-order valence-electron chi connectivity index (χ0n) is 9.93. The van der Waals surface area contributed by atoms with Gasteiger partial charge in [-0.3, -0.25) is 9.97 Å². The van der Waals surface area contributed by atoms with E-state index in [4.69, 9.17) is 0 Å². The van der Waals surface area contributed by atoms with E-state index in [9.17, 15) is 8.42 Å². The summed E-state index contributed by atoms with van der Waals surface area (Å²) in [6.07, 6.45) is 5.92. The van der Waals surface area contributed by atoms with Gasteiger partial charge in [-0.15, -0.1) is 0 Å². The second kappa shape index (κ2) is 4.47. The van der Waals surface area contributed by atoms with Gasteiger partial charge in [0, 0.05) is 18.6 Å². The highest BCUT2D eigenvalue weighted by Gasteiger charge is 2.39. The van der Waals surface area contributed by atoms with E-state index in [1.165, 1.54) is 6.26 Å². The van der Waals surface area contributed by atoms with Crippen LogP contribution in [0.2, 0.25) is 0 Å². The van der Waals surface area contributed by atoms with Gasteiger partial charge in [0.2, 0.25) is 0 Å². The zero-order chi connectivity index (χ0) is 12.4. The van der Waals surface area contributed by atoms with Crippen LogP contribution in [0.3, 0.4) is 0 Å². The summed E-state index contributed by atoms with van der Waals surface area (Å²) in [5.74, 6) is 0. The van der Waals surface area contributed by atoms with E-state index in [0.717, 1.165) is 0 Å². The lowest BCUT2D eigenvalue weighted by Gasteiger charge is -2.31. The molecule has 6 heteroatoms. The van der Waals surface area contributed by atoms with Crippen molar-refractivity contribution in [3.05, 3.63) is 24.3 Å². The van der Waals surface area contributed by atoms with E-state index in [1.807, 2.05) is 0 Å². The molecular weight excluding hydrogens is 226 g/mol. The van der Waals surface area contributed by atoms with Gasteiger partial charge in [-0.1, -0.05) is 0 Å². The highest BCUT2D eigenvalue weighted by atomic mass is 32.2. The summed E-state index contributed by atoms with van der Waals surface area (Å²) in [6.45, 7) is 3.36. The van der Waals surface area contributed by atoms with Crippen molar-refractivity contribution >= 4 is 9.84 Å². The molecule has 1 N–H and O–H groups in total. The smallest absolute Gasteiger partial charge is 0.154 e. The van der Waals surface area contributed by atoms with Gasteiger partial charge in [-0.25, -0.2) is 8.42 Å². The van der Waals surface area contributed by atoms with Crippen LogP contribution in [-0.4, -0.2) is 36.4 Å². The maximum atomic E-state index is 11.7. The number of nitrogens with one attached hydrogen (secondary N) is 1. The maximum absolute atomic E-state index is 11.7. The first-order valence-corrected chi connectivity index (χ1v) is 6.82. The fraction of sp³-hybridized carbons (Fsp3) is 0.600. The monoisotopic (exact) mass is 243 g/mol. The Balaban J connectivity index is 3.19. The second-order valence-corrected chi connectivity index (χ2v) is 6.82. The number of hydrogen-bond donors (Lipinski definition) is 1. The number of aromatic nitrogens is 2. The third kappa shape index (κ3) is 2.38. The molecular formula is C10H17N3O2S. The van der Waals surface area contributed by atoms with Crippen molar-refractivity contribution in [2.75, 3.05) is 13.3 Å². The molecule has 90 valence electrons. The van der Waals surface area contributed by atoms with Crippen LogP contribution in [-0.2, 0) is 9.84 Å². The number of sulfone groups is 1. The van der Waals surface area contributed by atoms with Gasteiger partial charge in [-0.05, 0) is 20.9 Å². The zero-order valence-corrected chi connectivity index (χ0v) is 10.7. The average Bonchev–Trinajstić information content (AvgIpc) is 2.18. The van der Waals surface area contributed by atoms with Crippen molar-refractivity contribution in [3.63, 3.8) is 0 Å². The van der Waals surface area contributed by atoms with Gasteiger partial charge in [0.15, 0.2) is 9.84 Å². The molecule has 1 atom stereocenters. The largest absolute Gasteiger partial charge is 0.310 e. The first kappa shape index (κ1) is 13.1. The minimum Gasteiger partial charge on any atom is -0.310 e. The highest BCUT2D eigenvalue weighted by Crippen LogP contribution is 2.30. The Morgan fingerprint density at radius 2 is 2.00 bits per heavy atom. The Morgan fingerprint density at radius 1 is 1.38 bits per heavy atom.